The fourth-order valence-corrected chi connectivity index (χ4v) is 1.34. The van der Waals surface area contributed by atoms with Crippen molar-refractivity contribution in [2.45, 2.75) is 39.3 Å². The Kier molecular flexibility index (Phi) is 5.08. The van der Waals surface area contributed by atoms with Crippen LogP contribution in [-0.4, -0.2) is 47.8 Å². The molecule has 0 saturated heterocycles. The lowest BCUT2D eigenvalue weighted by molar-refractivity contribution is -0.147. The van der Waals surface area contributed by atoms with Crippen molar-refractivity contribution in [1.29, 1.82) is 0 Å². The Hall–Kier alpha value is -0.610. The minimum atomic E-state index is -0.793. The second-order valence-electron chi connectivity index (χ2n) is 4.07. The first-order chi connectivity index (χ1) is 6.31. The van der Waals surface area contributed by atoms with E-state index < -0.39 is 5.60 Å². The van der Waals surface area contributed by atoms with Crippen LogP contribution >= 0.6 is 0 Å². The molecule has 0 rings (SSSR count). The normalized spacial score (nSPS) is 14.2. The molecule has 0 aromatic rings. The molecule has 1 unspecified atom stereocenters. The van der Waals surface area contributed by atoms with Gasteiger partial charge < -0.3 is 9.84 Å². The van der Waals surface area contributed by atoms with Crippen LogP contribution in [-0.2, 0) is 9.53 Å². The molecule has 1 atom stereocenters. The summed E-state index contributed by atoms with van der Waals surface area (Å²) in [6.45, 7) is 8.34. The van der Waals surface area contributed by atoms with Gasteiger partial charge in [0.1, 0.15) is 6.04 Å². The maximum absolute atomic E-state index is 11.3. The van der Waals surface area contributed by atoms with Crippen molar-refractivity contribution in [2.75, 3.05) is 20.2 Å². The molecule has 0 aromatic carbocycles. The molecular weight excluding hydrogens is 182 g/mol. The third-order valence-corrected chi connectivity index (χ3v) is 2.09. The zero-order valence-electron chi connectivity index (χ0n) is 9.70. The van der Waals surface area contributed by atoms with Crippen molar-refractivity contribution < 1.29 is 14.6 Å². The Balaban J connectivity index is 4.33. The van der Waals surface area contributed by atoms with Gasteiger partial charge in [-0.2, -0.15) is 0 Å². The molecule has 0 aliphatic carbocycles. The summed E-state index contributed by atoms with van der Waals surface area (Å²) in [5.74, 6) is -0.267. The molecule has 0 saturated carbocycles. The van der Waals surface area contributed by atoms with Crippen LogP contribution < -0.4 is 0 Å². The number of rotatable bonds is 5. The number of esters is 1. The molecule has 84 valence electrons. The standard InChI is InChI=1S/C10H21NO3/c1-6-11(7-10(3,4)13)8(2)9(12)14-5/h8,13H,6-7H2,1-5H3. The van der Waals surface area contributed by atoms with Crippen molar-refractivity contribution in [3.63, 3.8) is 0 Å². The molecule has 0 radical (unpaired) electrons. The molecule has 0 aliphatic rings. The van der Waals surface area contributed by atoms with Gasteiger partial charge in [0.05, 0.1) is 12.7 Å². The molecule has 0 aromatic heterocycles. The Labute approximate surface area is 85.9 Å². The number of ether oxygens (including phenoxy) is 1. The van der Waals surface area contributed by atoms with Gasteiger partial charge in [-0.3, -0.25) is 9.69 Å². The van der Waals surface area contributed by atoms with E-state index in [4.69, 9.17) is 0 Å². The molecule has 0 aliphatic heterocycles. The van der Waals surface area contributed by atoms with Crippen LogP contribution in [0.3, 0.4) is 0 Å². The number of carbonyl (C=O) groups excluding carboxylic acids is 1. The fraction of sp³-hybridized carbons (Fsp3) is 0.900. The zero-order valence-corrected chi connectivity index (χ0v) is 9.70. The molecular formula is C10H21NO3. The number of nitrogens with zero attached hydrogens (tertiary/aromatic N) is 1. The molecule has 0 spiro atoms. The van der Waals surface area contributed by atoms with Gasteiger partial charge in [-0.1, -0.05) is 6.92 Å². The molecule has 0 bridgehead atoms. The van der Waals surface area contributed by atoms with E-state index in [1.54, 1.807) is 20.8 Å². The first-order valence-electron chi connectivity index (χ1n) is 4.86. The molecule has 0 fully saturated rings. The highest BCUT2D eigenvalue weighted by molar-refractivity contribution is 5.75. The number of likely N-dealkylation sites (N-methyl/N-ethyl adjacent to an activating group) is 1. The summed E-state index contributed by atoms with van der Waals surface area (Å²) in [6, 6.07) is -0.309. The van der Waals surface area contributed by atoms with E-state index in [0.717, 1.165) is 0 Å². The molecule has 4 heteroatoms. The topological polar surface area (TPSA) is 49.8 Å². The molecule has 0 heterocycles. The third kappa shape index (κ3) is 4.58. The van der Waals surface area contributed by atoms with Crippen molar-refractivity contribution in [2.24, 2.45) is 0 Å². The van der Waals surface area contributed by atoms with Gasteiger partial charge in [-0.25, -0.2) is 0 Å². The summed E-state index contributed by atoms with van der Waals surface area (Å²) < 4.78 is 4.65. The van der Waals surface area contributed by atoms with E-state index in [1.807, 2.05) is 11.8 Å². The minimum Gasteiger partial charge on any atom is -0.468 e. The minimum absolute atomic E-state index is 0.267. The smallest absolute Gasteiger partial charge is 0.322 e. The van der Waals surface area contributed by atoms with Gasteiger partial charge in [0.25, 0.3) is 0 Å². The molecule has 0 amide bonds. The number of hydrogen-bond acceptors (Lipinski definition) is 4. The van der Waals surface area contributed by atoms with Crippen molar-refractivity contribution in [3.05, 3.63) is 0 Å². The summed E-state index contributed by atoms with van der Waals surface area (Å²) in [5, 5.41) is 9.63. The van der Waals surface area contributed by atoms with E-state index in [9.17, 15) is 9.90 Å². The van der Waals surface area contributed by atoms with Crippen molar-refractivity contribution in [1.82, 2.24) is 4.90 Å². The van der Waals surface area contributed by atoms with Crippen molar-refractivity contribution >= 4 is 5.97 Å². The van der Waals surface area contributed by atoms with Gasteiger partial charge in [0.2, 0.25) is 0 Å². The van der Waals surface area contributed by atoms with Crippen LogP contribution in [0, 0.1) is 0 Å². The third-order valence-electron chi connectivity index (χ3n) is 2.09. The molecule has 1 N–H and O–H groups in total. The van der Waals surface area contributed by atoms with Crippen LogP contribution in [0.15, 0.2) is 0 Å². The van der Waals surface area contributed by atoms with Crippen LogP contribution in [0.1, 0.15) is 27.7 Å². The van der Waals surface area contributed by atoms with Gasteiger partial charge in [-0.05, 0) is 27.3 Å². The largest absolute Gasteiger partial charge is 0.468 e. The van der Waals surface area contributed by atoms with Crippen molar-refractivity contribution in [3.8, 4) is 0 Å². The Morgan fingerprint density at radius 3 is 2.36 bits per heavy atom. The van der Waals surface area contributed by atoms with Gasteiger partial charge >= 0.3 is 5.97 Å². The lowest BCUT2D eigenvalue weighted by atomic mass is 10.1. The highest BCUT2D eigenvalue weighted by Crippen LogP contribution is 2.09. The lowest BCUT2D eigenvalue weighted by Crippen LogP contribution is -2.46. The van der Waals surface area contributed by atoms with Crippen LogP contribution in [0.25, 0.3) is 0 Å². The summed E-state index contributed by atoms with van der Waals surface area (Å²) in [7, 11) is 1.37. The van der Waals surface area contributed by atoms with Gasteiger partial charge in [-0.15, -0.1) is 0 Å². The Morgan fingerprint density at radius 1 is 1.57 bits per heavy atom. The summed E-state index contributed by atoms with van der Waals surface area (Å²) >= 11 is 0. The predicted octanol–water partition coefficient (Wildman–Crippen LogP) is 0.641. The fourth-order valence-electron chi connectivity index (χ4n) is 1.34. The van der Waals surface area contributed by atoms with Crippen LogP contribution in [0.5, 0.6) is 0 Å². The Morgan fingerprint density at radius 2 is 2.07 bits per heavy atom. The maximum atomic E-state index is 11.3. The van der Waals surface area contributed by atoms with E-state index in [1.165, 1.54) is 7.11 Å². The summed E-state index contributed by atoms with van der Waals surface area (Å²) in [6.07, 6.45) is 0. The first-order valence-corrected chi connectivity index (χ1v) is 4.86. The molecule has 14 heavy (non-hydrogen) atoms. The quantitative estimate of drug-likeness (QED) is 0.666. The SMILES string of the molecule is CCN(CC(C)(C)O)C(C)C(=O)OC. The van der Waals surface area contributed by atoms with E-state index in [-0.39, 0.29) is 12.0 Å². The number of methoxy groups -OCH3 is 1. The predicted molar refractivity (Wildman–Crippen MR) is 55.0 cm³/mol. The van der Waals surface area contributed by atoms with Crippen LogP contribution in [0.4, 0.5) is 0 Å². The maximum Gasteiger partial charge on any atom is 0.322 e. The second kappa shape index (κ2) is 5.32. The average Bonchev–Trinajstić information content (AvgIpc) is 2.10. The lowest BCUT2D eigenvalue weighted by Gasteiger charge is -2.31. The molecule has 4 nitrogen and oxygen atoms in total. The van der Waals surface area contributed by atoms with Gasteiger partial charge in [0, 0.05) is 6.54 Å². The zero-order chi connectivity index (χ0) is 11.4. The van der Waals surface area contributed by atoms with Crippen LogP contribution in [0.2, 0.25) is 0 Å². The Bertz CT molecular complexity index is 186. The van der Waals surface area contributed by atoms with E-state index >= 15 is 0 Å². The monoisotopic (exact) mass is 203 g/mol. The highest BCUT2D eigenvalue weighted by atomic mass is 16.5. The average molecular weight is 203 g/mol. The second-order valence-corrected chi connectivity index (χ2v) is 4.07. The number of aliphatic hydroxyl groups is 1. The summed E-state index contributed by atoms with van der Waals surface area (Å²) in [5.41, 5.74) is -0.793. The first kappa shape index (κ1) is 13.4. The van der Waals surface area contributed by atoms with E-state index in [0.29, 0.717) is 13.1 Å². The van der Waals surface area contributed by atoms with E-state index in [2.05, 4.69) is 4.74 Å². The van der Waals surface area contributed by atoms with Gasteiger partial charge in [0.15, 0.2) is 0 Å². The number of carbonyl (C=O) groups is 1. The highest BCUT2D eigenvalue weighted by Gasteiger charge is 2.25. The number of hydrogen-bond donors (Lipinski definition) is 1. The summed E-state index contributed by atoms with van der Waals surface area (Å²) in [4.78, 5) is 13.1.